The van der Waals surface area contributed by atoms with E-state index in [9.17, 15) is 9.18 Å². The predicted octanol–water partition coefficient (Wildman–Crippen LogP) is 3.12. The summed E-state index contributed by atoms with van der Waals surface area (Å²) in [6.45, 7) is 2.07. The average Bonchev–Trinajstić information content (AvgIpc) is 3.03. The van der Waals surface area contributed by atoms with Crippen molar-refractivity contribution in [3.8, 4) is 11.4 Å². The highest BCUT2D eigenvalue weighted by molar-refractivity contribution is 5.92. The molecule has 3 aromatic rings. The standard InChI is InChI=1S/C18H17FN4O2/c1-13-21-9-10-23(13)17-6-8-20-12-16(17)22-18(24)7-11-25-15-4-2-14(19)3-5-15/h2-6,8-10,12H,7,11H2,1H3,(H,22,24). The van der Waals surface area contributed by atoms with Crippen molar-refractivity contribution >= 4 is 11.6 Å². The Morgan fingerprint density at radius 1 is 1.24 bits per heavy atom. The first-order chi connectivity index (χ1) is 12.1. The third-order valence-electron chi connectivity index (χ3n) is 3.57. The third-order valence-corrected chi connectivity index (χ3v) is 3.57. The molecular weight excluding hydrogens is 323 g/mol. The molecule has 1 amide bonds. The van der Waals surface area contributed by atoms with E-state index >= 15 is 0 Å². The third kappa shape index (κ3) is 4.20. The van der Waals surface area contributed by atoms with Crippen molar-refractivity contribution in [2.75, 3.05) is 11.9 Å². The lowest BCUT2D eigenvalue weighted by molar-refractivity contribution is -0.116. The van der Waals surface area contributed by atoms with Crippen molar-refractivity contribution in [3.63, 3.8) is 0 Å². The van der Waals surface area contributed by atoms with Gasteiger partial charge in [-0.3, -0.25) is 9.78 Å². The van der Waals surface area contributed by atoms with Gasteiger partial charge < -0.3 is 14.6 Å². The van der Waals surface area contributed by atoms with E-state index in [1.165, 1.54) is 24.3 Å². The second-order valence-electron chi connectivity index (χ2n) is 5.34. The molecule has 0 bridgehead atoms. The molecule has 0 radical (unpaired) electrons. The molecule has 0 fully saturated rings. The molecule has 0 spiro atoms. The van der Waals surface area contributed by atoms with E-state index in [1.54, 1.807) is 24.7 Å². The maximum absolute atomic E-state index is 12.8. The van der Waals surface area contributed by atoms with Crippen LogP contribution in [0.5, 0.6) is 5.75 Å². The molecule has 0 unspecified atom stereocenters. The largest absolute Gasteiger partial charge is 0.493 e. The van der Waals surface area contributed by atoms with Crippen molar-refractivity contribution < 1.29 is 13.9 Å². The maximum Gasteiger partial charge on any atom is 0.227 e. The van der Waals surface area contributed by atoms with E-state index in [0.29, 0.717) is 11.4 Å². The van der Waals surface area contributed by atoms with Gasteiger partial charge in [0.2, 0.25) is 5.91 Å². The minimum absolute atomic E-state index is 0.161. The lowest BCUT2D eigenvalue weighted by Crippen LogP contribution is -2.17. The van der Waals surface area contributed by atoms with Crippen molar-refractivity contribution in [1.29, 1.82) is 0 Å². The summed E-state index contributed by atoms with van der Waals surface area (Å²) in [5.74, 6) is 0.796. The van der Waals surface area contributed by atoms with E-state index in [0.717, 1.165) is 11.5 Å². The Bertz CT molecular complexity index is 862. The zero-order chi connectivity index (χ0) is 17.6. The summed E-state index contributed by atoms with van der Waals surface area (Å²) < 4.78 is 20.1. The number of nitrogens with one attached hydrogen (secondary N) is 1. The topological polar surface area (TPSA) is 69.0 Å². The molecule has 0 aliphatic rings. The number of rotatable bonds is 6. The van der Waals surface area contributed by atoms with Crippen molar-refractivity contribution in [2.45, 2.75) is 13.3 Å². The monoisotopic (exact) mass is 340 g/mol. The number of pyridine rings is 1. The molecule has 1 aromatic carbocycles. The maximum atomic E-state index is 12.8. The van der Waals surface area contributed by atoms with E-state index in [-0.39, 0.29) is 24.8 Å². The number of halogens is 1. The van der Waals surface area contributed by atoms with Crippen molar-refractivity contribution in [2.24, 2.45) is 0 Å². The highest BCUT2D eigenvalue weighted by atomic mass is 19.1. The number of ether oxygens (including phenoxy) is 1. The SMILES string of the molecule is Cc1nccn1-c1ccncc1NC(=O)CCOc1ccc(F)cc1. The number of nitrogens with zero attached hydrogens (tertiary/aromatic N) is 3. The average molecular weight is 340 g/mol. The highest BCUT2D eigenvalue weighted by Crippen LogP contribution is 2.20. The van der Waals surface area contributed by atoms with Gasteiger partial charge in [0.1, 0.15) is 17.4 Å². The Hall–Kier alpha value is -3.22. The van der Waals surface area contributed by atoms with Crippen LogP contribution in [-0.2, 0) is 4.79 Å². The molecule has 0 saturated carbocycles. The van der Waals surface area contributed by atoms with Crippen LogP contribution in [0.4, 0.5) is 10.1 Å². The van der Waals surface area contributed by atoms with Crippen LogP contribution in [0.15, 0.2) is 55.1 Å². The summed E-state index contributed by atoms with van der Waals surface area (Å²) in [6, 6.07) is 7.47. The van der Waals surface area contributed by atoms with E-state index in [1.807, 2.05) is 17.7 Å². The number of imidazole rings is 1. The smallest absolute Gasteiger partial charge is 0.227 e. The van der Waals surface area contributed by atoms with Gasteiger partial charge in [0.25, 0.3) is 0 Å². The first-order valence-electron chi connectivity index (χ1n) is 7.76. The number of hydrogen-bond acceptors (Lipinski definition) is 4. The Morgan fingerprint density at radius 2 is 2.04 bits per heavy atom. The number of benzene rings is 1. The molecule has 25 heavy (non-hydrogen) atoms. The molecule has 0 aliphatic carbocycles. The van der Waals surface area contributed by atoms with Gasteiger partial charge in [-0.1, -0.05) is 0 Å². The first kappa shape index (κ1) is 16.6. The molecule has 6 nitrogen and oxygen atoms in total. The number of carbonyl (C=O) groups is 1. The molecule has 0 atom stereocenters. The molecule has 3 rings (SSSR count). The number of carbonyl (C=O) groups excluding carboxylic acids is 1. The Labute approximate surface area is 144 Å². The fourth-order valence-electron chi connectivity index (χ4n) is 2.33. The van der Waals surface area contributed by atoms with Crippen molar-refractivity contribution in [1.82, 2.24) is 14.5 Å². The number of aryl methyl sites for hydroxylation is 1. The first-order valence-corrected chi connectivity index (χ1v) is 7.76. The molecule has 128 valence electrons. The van der Waals surface area contributed by atoms with Crippen molar-refractivity contribution in [3.05, 3.63) is 66.8 Å². The second-order valence-corrected chi connectivity index (χ2v) is 5.34. The summed E-state index contributed by atoms with van der Waals surface area (Å²) in [7, 11) is 0. The van der Waals surface area contributed by atoms with Gasteiger partial charge in [0, 0.05) is 18.6 Å². The normalized spacial score (nSPS) is 10.5. The minimum atomic E-state index is -0.330. The number of aromatic nitrogens is 3. The van der Waals surface area contributed by atoms with E-state index in [4.69, 9.17) is 4.74 Å². The van der Waals surface area contributed by atoms with Crippen LogP contribution in [-0.4, -0.2) is 27.0 Å². The number of amides is 1. The number of anilines is 1. The lowest BCUT2D eigenvalue weighted by Gasteiger charge is -2.12. The number of hydrogen-bond donors (Lipinski definition) is 1. The highest BCUT2D eigenvalue weighted by Gasteiger charge is 2.10. The van der Waals surface area contributed by atoms with Gasteiger partial charge in [0.05, 0.1) is 30.6 Å². The van der Waals surface area contributed by atoms with E-state index < -0.39 is 0 Å². The molecule has 0 saturated heterocycles. The molecule has 2 aromatic heterocycles. The Kier molecular flexibility index (Phi) is 5.03. The van der Waals surface area contributed by atoms with Gasteiger partial charge in [0.15, 0.2) is 0 Å². The summed E-state index contributed by atoms with van der Waals surface area (Å²) in [5, 5.41) is 2.83. The van der Waals surface area contributed by atoms with Gasteiger partial charge in [-0.2, -0.15) is 0 Å². The lowest BCUT2D eigenvalue weighted by atomic mass is 10.3. The predicted molar refractivity (Wildman–Crippen MR) is 91.2 cm³/mol. The fourth-order valence-corrected chi connectivity index (χ4v) is 2.33. The van der Waals surface area contributed by atoms with Crippen LogP contribution < -0.4 is 10.1 Å². The quantitative estimate of drug-likeness (QED) is 0.748. The zero-order valence-electron chi connectivity index (χ0n) is 13.6. The molecule has 2 heterocycles. The van der Waals surface area contributed by atoms with E-state index in [2.05, 4.69) is 15.3 Å². The van der Waals surface area contributed by atoms with Gasteiger partial charge in [-0.15, -0.1) is 0 Å². The van der Waals surface area contributed by atoms with Crippen LogP contribution in [0, 0.1) is 12.7 Å². The zero-order valence-corrected chi connectivity index (χ0v) is 13.6. The van der Waals surface area contributed by atoms with Crippen LogP contribution in [0.3, 0.4) is 0 Å². The minimum Gasteiger partial charge on any atom is -0.493 e. The van der Waals surface area contributed by atoms with Gasteiger partial charge in [-0.05, 0) is 37.3 Å². The molecule has 0 aliphatic heterocycles. The van der Waals surface area contributed by atoms with Crippen LogP contribution in [0.2, 0.25) is 0 Å². The summed E-state index contributed by atoms with van der Waals surface area (Å²) in [6.07, 6.45) is 6.92. The van der Waals surface area contributed by atoms with Crippen LogP contribution in [0.25, 0.3) is 5.69 Å². The molecule has 7 heteroatoms. The summed E-state index contributed by atoms with van der Waals surface area (Å²) in [4.78, 5) is 20.4. The summed E-state index contributed by atoms with van der Waals surface area (Å²) in [5.41, 5.74) is 1.38. The molecule has 1 N–H and O–H groups in total. The van der Waals surface area contributed by atoms with Crippen LogP contribution >= 0.6 is 0 Å². The Balaban J connectivity index is 1.60. The van der Waals surface area contributed by atoms with Gasteiger partial charge >= 0.3 is 0 Å². The molecular formula is C18H17FN4O2. The second kappa shape index (κ2) is 7.57. The van der Waals surface area contributed by atoms with Crippen LogP contribution in [0.1, 0.15) is 12.2 Å². The van der Waals surface area contributed by atoms with Gasteiger partial charge in [-0.25, -0.2) is 9.37 Å². The fraction of sp³-hybridized carbons (Fsp3) is 0.167. The Morgan fingerprint density at radius 3 is 2.76 bits per heavy atom. The summed E-state index contributed by atoms with van der Waals surface area (Å²) >= 11 is 0.